The lowest BCUT2D eigenvalue weighted by Gasteiger charge is -2.21. The summed E-state index contributed by atoms with van der Waals surface area (Å²) in [4.78, 5) is 4.24. The van der Waals surface area contributed by atoms with Crippen molar-refractivity contribution >= 4 is 15.9 Å². The van der Waals surface area contributed by atoms with E-state index in [4.69, 9.17) is 0 Å². The zero-order valence-corrected chi connectivity index (χ0v) is 13.2. The average molecular weight is 337 g/mol. The topological polar surface area (TPSA) is 24.9 Å². The summed E-state index contributed by atoms with van der Waals surface area (Å²) in [5.74, 6) is -0.230. The van der Waals surface area contributed by atoms with Gasteiger partial charge in [0.25, 0.3) is 0 Å². The number of aromatic nitrogens is 1. The zero-order valence-electron chi connectivity index (χ0n) is 11.7. The van der Waals surface area contributed by atoms with Gasteiger partial charge in [-0.2, -0.15) is 0 Å². The Bertz CT molecular complexity index is 586. The Morgan fingerprint density at radius 2 is 2.10 bits per heavy atom. The standard InChI is InChI=1S/C16H18BrFN2/c1-3-6-20-16(12-7-11(2)9-19-10-12)14-8-13(18)4-5-15(14)17/h4-5,7-10,16,20H,3,6H2,1-2H3. The third-order valence-corrected chi connectivity index (χ3v) is 3.82. The van der Waals surface area contributed by atoms with Crippen LogP contribution in [0.15, 0.2) is 41.1 Å². The minimum atomic E-state index is -0.230. The van der Waals surface area contributed by atoms with Crippen LogP contribution in [0.3, 0.4) is 0 Å². The van der Waals surface area contributed by atoms with Crippen LogP contribution in [0.25, 0.3) is 0 Å². The molecule has 1 aromatic heterocycles. The second-order valence-electron chi connectivity index (χ2n) is 4.85. The van der Waals surface area contributed by atoms with Gasteiger partial charge in [-0.1, -0.05) is 28.9 Å². The monoisotopic (exact) mass is 336 g/mol. The molecule has 1 heterocycles. The predicted octanol–water partition coefficient (Wildman–Crippen LogP) is 4.38. The summed E-state index contributed by atoms with van der Waals surface area (Å²) in [6.45, 7) is 4.98. The fourth-order valence-electron chi connectivity index (χ4n) is 2.17. The Balaban J connectivity index is 2.44. The molecular formula is C16H18BrFN2. The fourth-order valence-corrected chi connectivity index (χ4v) is 2.64. The summed E-state index contributed by atoms with van der Waals surface area (Å²) in [7, 11) is 0. The number of hydrogen-bond donors (Lipinski definition) is 1. The normalized spacial score (nSPS) is 12.4. The molecule has 0 fully saturated rings. The van der Waals surface area contributed by atoms with E-state index in [1.54, 1.807) is 12.1 Å². The fraction of sp³-hybridized carbons (Fsp3) is 0.312. The molecule has 0 amide bonds. The number of halogens is 2. The van der Waals surface area contributed by atoms with Gasteiger partial charge in [0.2, 0.25) is 0 Å². The van der Waals surface area contributed by atoms with Gasteiger partial charge < -0.3 is 5.32 Å². The molecule has 1 atom stereocenters. The van der Waals surface area contributed by atoms with Crippen LogP contribution >= 0.6 is 15.9 Å². The van der Waals surface area contributed by atoms with Gasteiger partial charge in [-0.05, 0) is 54.8 Å². The van der Waals surface area contributed by atoms with E-state index in [-0.39, 0.29) is 11.9 Å². The van der Waals surface area contributed by atoms with Crippen molar-refractivity contribution in [1.29, 1.82) is 0 Å². The number of aryl methyl sites for hydroxylation is 1. The molecule has 2 rings (SSSR count). The molecule has 0 radical (unpaired) electrons. The SMILES string of the molecule is CCCNC(c1cncc(C)c1)c1cc(F)ccc1Br. The van der Waals surface area contributed by atoms with Gasteiger partial charge in [0, 0.05) is 16.9 Å². The Morgan fingerprint density at radius 1 is 1.30 bits per heavy atom. The number of benzene rings is 1. The van der Waals surface area contributed by atoms with E-state index < -0.39 is 0 Å². The van der Waals surface area contributed by atoms with E-state index in [1.165, 1.54) is 6.07 Å². The molecule has 106 valence electrons. The predicted molar refractivity (Wildman–Crippen MR) is 83.2 cm³/mol. The highest BCUT2D eigenvalue weighted by molar-refractivity contribution is 9.10. The summed E-state index contributed by atoms with van der Waals surface area (Å²) in [6.07, 6.45) is 4.67. The maximum absolute atomic E-state index is 13.6. The van der Waals surface area contributed by atoms with Crippen LogP contribution in [-0.2, 0) is 0 Å². The lowest BCUT2D eigenvalue weighted by atomic mass is 9.99. The van der Waals surface area contributed by atoms with E-state index in [1.807, 2.05) is 19.3 Å². The van der Waals surface area contributed by atoms with Crippen LogP contribution in [-0.4, -0.2) is 11.5 Å². The molecule has 0 saturated carbocycles. The minimum Gasteiger partial charge on any atom is -0.306 e. The lowest BCUT2D eigenvalue weighted by molar-refractivity contribution is 0.582. The highest BCUT2D eigenvalue weighted by Crippen LogP contribution is 2.29. The summed E-state index contributed by atoms with van der Waals surface area (Å²) < 4.78 is 14.5. The second-order valence-corrected chi connectivity index (χ2v) is 5.70. The van der Waals surface area contributed by atoms with Crippen molar-refractivity contribution in [2.45, 2.75) is 26.3 Å². The molecule has 0 aliphatic rings. The van der Waals surface area contributed by atoms with Crippen molar-refractivity contribution in [3.05, 3.63) is 63.6 Å². The molecule has 4 heteroatoms. The van der Waals surface area contributed by atoms with E-state index in [9.17, 15) is 4.39 Å². The van der Waals surface area contributed by atoms with Crippen molar-refractivity contribution in [2.75, 3.05) is 6.54 Å². The number of nitrogens with zero attached hydrogens (tertiary/aromatic N) is 1. The van der Waals surface area contributed by atoms with Crippen LogP contribution in [0.2, 0.25) is 0 Å². The van der Waals surface area contributed by atoms with Crippen molar-refractivity contribution in [3.63, 3.8) is 0 Å². The van der Waals surface area contributed by atoms with Crippen molar-refractivity contribution in [1.82, 2.24) is 10.3 Å². The summed E-state index contributed by atoms with van der Waals surface area (Å²) in [6, 6.07) is 6.79. The Labute approximate surface area is 127 Å². The zero-order chi connectivity index (χ0) is 14.5. The summed E-state index contributed by atoms with van der Waals surface area (Å²) in [5, 5.41) is 3.46. The first-order valence-electron chi connectivity index (χ1n) is 6.71. The van der Waals surface area contributed by atoms with E-state index in [2.05, 4.69) is 39.2 Å². The molecule has 1 unspecified atom stereocenters. The van der Waals surface area contributed by atoms with Crippen LogP contribution in [0.4, 0.5) is 4.39 Å². The lowest BCUT2D eigenvalue weighted by Crippen LogP contribution is -2.24. The highest BCUT2D eigenvalue weighted by Gasteiger charge is 2.17. The van der Waals surface area contributed by atoms with Crippen LogP contribution in [0.5, 0.6) is 0 Å². The molecule has 0 spiro atoms. The minimum absolute atomic E-state index is 0.0626. The van der Waals surface area contributed by atoms with E-state index >= 15 is 0 Å². The molecule has 1 N–H and O–H groups in total. The smallest absolute Gasteiger partial charge is 0.123 e. The third kappa shape index (κ3) is 3.64. The largest absolute Gasteiger partial charge is 0.306 e. The van der Waals surface area contributed by atoms with Crippen LogP contribution < -0.4 is 5.32 Å². The van der Waals surface area contributed by atoms with Crippen LogP contribution in [0, 0.1) is 12.7 Å². The Kier molecular flexibility index (Phi) is 5.26. The van der Waals surface area contributed by atoms with Gasteiger partial charge in [-0.15, -0.1) is 0 Å². The van der Waals surface area contributed by atoms with Crippen molar-refractivity contribution in [2.24, 2.45) is 0 Å². The number of nitrogens with one attached hydrogen (secondary N) is 1. The van der Waals surface area contributed by atoms with Gasteiger partial charge in [0.05, 0.1) is 6.04 Å². The van der Waals surface area contributed by atoms with E-state index in [0.717, 1.165) is 34.1 Å². The van der Waals surface area contributed by atoms with Gasteiger partial charge in [0.15, 0.2) is 0 Å². The molecule has 0 bridgehead atoms. The molecule has 20 heavy (non-hydrogen) atoms. The van der Waals surface area contributed by atoms with E-state index in [0.29, 0.717) is 0 Å². The quantitative estimate of drug-likeness (QED) is 0.876. The Morgan fingerprint density at radius 3 is 2.80 bits per heavy atom. The number of pyridine rings is 1. The molecule has 0 aliphatic heterocycles. The van der Waals surface area contributed by atoms with Gasteiger partial charge in [-0.3, -0.25) is 4.98 Å². The summed E-state index contributed by atoms with van der Waals surface area (Å²) >= 11 is 3.51. The first-order valence-corrected chi connectivity index (χ1v) is 7.51. The van der Waals surface area contributed by atoms with Gasteiger partial charge >= 0.3 is 0 Å². The maximum Gasteiger partial charge on any atom is 0.123 e. The van der Waals surface area contributed by atoms with Crippen molar-refractivity contribution < 1.29 is 4.39 Å². The summed E-state index contributed by atoms with van der Waals surface area (Å²) in [5.41, 5.74) is 3.04. The molecular weight excluding hydrogens is 319 g/mol. The Hall–Kier alpha value is -1.26. The van der Waals surface area contributed by atoms with Gasteiger partial charge in [-0.25, -0.2) is 4.39 Å². The average Bonchev–Trinajstić information content (AvgIpc) is 2.43. The maximum atomic E-state index is 13.6. The first kappa shape index (κ1) is 15.1. The first-order chi connectivity index (χ1) is 9.61. The molecule has 2 aromatic rings. The highest BCUT2D eigenvalue weighted by atomic mass is 79.9. The van der Waals surface area contributed by atoms with Crippen molar-refractivity contribution in [3.8, 4) is 0 Å². The molecule has 1 aromatic carbocycles. The number of hydrogen-bond acceptors (Lipinski definition) is 2. The van der Waals surface area contributed by atoms with Gasteiger partial charge in [0.1, 0.15) is 5.82 Å². The van der Waals surface area contributed by atoms with Crippen LogP contribution in [0.1, 0.15) is 36.1 Å². The molecule has 0 aliphatic carbocycles. The molecule has 0 saturated heterocycles. The molecule has 2 nitrogen and oxygen atoms in total. The number of rotatable bonds is 5. The third-order valence-electron chi connectivity index (χ3n) is 3.10. The second kappa shape index (κ2) is 6.95.